The molecule has 1 aromatic rings. The summed E-state index contributed by atoms with van der Waals surface area (Å²) in [5.74, 6) is 0. The van der Waals surface area contributed by atoms with Crippen molar-refractivity contribution in [3.8, 4) is 0 Å². The van der Waals surface area contributed by atoms with Crippen LogP contribution in [0.2, 0.25) is 0 Å². The predicted octanol–water partition coefficient (Wildman–Crippen LogP) is 2.00. The number of rotatable bonds is 5. The van der Waals surface area contributed by atoms with Gasteiger partial charge in [-0.25, -0.2) is 13.1 Å². The van der Waals surface area contributed by atoms with Crippen molar-refractivity contribution in [2.45, 2.75) is 49.1 Å². The third-order valence-corrected chi connectivity index (χ3v) is 6.24. The van der Waals surface area contributed by atoms with Crippen LogP contribution in [0.1, 0.15) is 32.1 Å². The molecule has 2 saturated heterocycles. The van der Waals surface area contributed by atoms with Crippen LogP contribution in [0.4, 0.5) is 0 Å². The van der Waals surface area contributed by atoms with E-state index in [4.69, 9.17) is 4.74 Å². The molecule has 1 aromatic carbocycles. The number of piperidine rings is 1. The van der Waals surface area contributed by atoms with E-state index in [9.17, 15) is 8.42 Å². The van der Waals surface area contributed by atoms with Gasteiger partial charge in [-0.2, -0.15) is 0 Å². The standard InChI is InChI=1S/C17H26N2O3S/c20-23(21,17-7-2-1-3-8-17)18-15-9-11-19(12-10-15)14-16-6-4-5-13-22-16/h1-3,7-8,15-16,18H,4-6,9-14H2/t16-/m0/s1. The average Bonchev–Trinajstić information content (AvgIpc) is 2.58. The van der Waals surface area contributed by atoms with E-state index in [2.05, 4.69) is 9.62 Å². The van der Waals surface area contributed by atoms with Crippen LogP contribution in [0.3, 0.4) is 0 Å². The maximum Gasteiger partial charge on any atom is 0.240 e. The Morgan fingerprint density at radius 3 is 2.48 bits per heavy atom. The Kier molecular flexibility index (Phi) is 5.69. The summed E-state index contributed by atoms with van der Waals surface area (Å²) < 4.78 is 33.4. The second-order valence-electron chi connectivity index (χ2n) is 6.50. The number of likely N-dealkylation sites (tertiary alicyclic amines) is 1. The molecular formula is C17H26N2O3S. The van der Waals surface area contributed by atoms with Crippen LogP contribution < -0.4 is 4.72 Å². The van der Waals surface area contributed by atoms with Gasteiger partial charge in [-0.1, -0.05) is 18.2 Å². The monoisotopic (exact) mass is 338 g/mol. The van der Waals surface area contributed by atoms with Crippen LogP contribution in [-0.4, -0.2) is 51.7 Å². The van der Waals surface area contributed by atoms with Crippen molar-refractivity contribution in [1.29, 1.82) is 0 Å². The van der Waals surface area contributed by atoms with E-state index >= 15 is 0 Å². The molecule has 3 rings (SSSR count). The van der Waals surface area contributed by atoms with Crippen molar-refractivity contribution in [2.24, 2.45) is 0 Å². The maximum absolute atomic E-state index is 12.4. The van der Waals surface area contributed by atoms with E-state index in [1.807, 2.05) is 6.07 Å². The summed E-state index contributed by atoms with van der Waals surface area (Å²) in [5, 5.41) is 0. The van der Waals surface area contributed by atoms with Crippen LogP contribution in [0, 0.1) is 0 Å². The first-order chi connectivity index (χ1) is 11.1. The first kappa shape index (κ1) is 16.9. The zero-order chi connectivity index (χ0) is 16.1. The normalized spacial score (nSPS) is 24.6. The van der Waals surface area contributed by atoms with Gasteiger partial charge in [0.15, 0.2) is 0 Å². The molecule has 2 aliphatic heterocycles. The minimum absolute atomic E-state index is 0.0312. The van der Waals surface area contributed by atoms with Gasteiger partial charge in [-0.3, -0.25) is 0 Å². The van der Waals surface area contributed by atoms with Gasteiger partial charge >= 0.3 is 0 Å². The van der Waals surface area contributed by atoms with Crippen molar-refractivity contribution in [1.82, 2.24) is 9.62 Å². The Morgan fingerprint density at radius 2 is 1.83 bits per heavy atom. The van der Waals surface area contributed by atoms with Gasteiger partial charge in [0.05, 0.1) is 11.0 Å². The fraction of sp³-hybridized carbons (Fsp3) is 0.647. The Morgan fingerprint density at radius 1 is 1.09 bits per heavy atom. The summed E-state index contributed by atoms with van der Waals surface area (Å²) in [6, 6.07) is 8.63. The number of ether oxygens (including phenoxy) is 1. The quantitative estimate of drug-likeness (QED) is 0.892. The molecule has 0 saturated carbocycles. The van der Waals surface area contributed by atoms with E-state index < -0.39 is 10.0 Å². The van der Waals surface area contributed by atoms with Gasteiger partial charge in [0, 0.05) is 19.2 Å². The van der Waals surface area contributed by atoms with Crippen LogP contribution >= 0.6 is 0 Å². The highest BCUT2D eigenvalue weighted by atomic mass is 32.2. The topological polar surface area (TPSA) is 58.6 Å². The smallest absolute Gasteiger partial charge is 0.240 e. The fourth-order valence-electron chi connectivity index (χ4n) is 3.36. The van der Waals surface area contributed by atoms with E-state index in [0.29, 0.717) is 11.0 Å². The average molecular weight is 338 g/mol. The molecule has 0 aliphatic carbocycles. The van der Waals surface area contributed by atoms with Crippen molar-refractivity contribution >= 4 is 10.0 Å². The number of benzene rings is 1. The second kappa shape index (κ2) is 7.75. The van der Waals surface area contributed by atoms with Crippen molar-refractivity contribution < 1.29 is 13.2 Å². The minimum Gasteiger partial charge on any atom is -0.377 e. The largest absolute Gasteiger partial charge is 0.377 e. The molecule has 23 heavy (non-hydrogen) atoms. The van der Waals surface area contributed by atoms with E-state index in [0.717, 1.165) is 45.5 Å². The number of nitrogens with zero attached hydrogens (tertiary/aromatic N) is 1. The molecule has 0 bridgehead atoms. The highest BCUT2D eigenvalue weighted by Crippen LogP contribution is 2.18. The Hall–Kier alpha value is -0.950. The van der Waals surface area contributed by atoms with Crippen molar-refractivity contribution in [3.63, 3.8) is 0 Å². The Bertz CT molecular complexity index is 577. The van der Waals surface area contributed by atoms with Gasteiger partial charge < -0.3 is 9.64 Å². The molecule has 2 aliphatic rings. The maximum atomic E-state index is 12.4. The molecule has 5 nitrogen and oxygen atoms in total. The Balaban J connectivity index is 1.47. The number of sulfonamides is 1. The summed E-state index contributed by atoms with van der Waals surface area (Å²) in [6.07, 6.45) is 5.68. The zero-order valence-corrected chi connectivity index (χ0v) is 14.3. The molecule has 0 unspecified atom stereocenters. The molecule has 1 N–H and O–H groups in total. The Labute approximate surface area is 139 Å². The van der Waals surface area contributed by atoms with E-state index in [-0.39, 0.29) is 6.04 Å². The van der Waals surface area contributed by atoms with Gasteiger partial charge in [-0.15, -0.1) is 0 Å². The minimum atomic E-state index is -3.40. The lowest BCUT2D eigenvalue weighted by Crippen LogP contribution is -2.47. The first-order valence-corrected chi connectivity index (χ1v) is 10.0. The third-order valence-electron chi connectivity index (χ3n) is 4.70. The lowest BCUT2D eigenvalue weighted by atomic mass is 10.0. The second-order valence-corrected chi connectivity index (χ2v) is 8.21. The molecule has 1 atom stereocenters. The first-order valence-electron chi connectivity index (χ1n) is 8.55. The van der Waals surface area contributed by atoms with E-state index in [1.54, 1.807) is 24.3 Å². The lowest BCUT2D eigenvalue weighted by Gasteiger charge is -2.35. The molecule has 6 heteroatoms. The summed E-state index contributed by atoms with van der Waals surface area (Å²) in [4.78, 5) is 2.75. The summed E-state index contributed by atoms with van der Waals surface area (Å²) in [7, 11) is -3.40. The lowest BCUT2D eigenvalue weighted by molar-refractivity contribution is -0.00963. The molecule has 0 spiro atoms. The predicted molar refractivity (Wildman–Crippen MR) is 89.8 cm³/mol. The molecule has 0 aromatic heterocycles. The zero-order valence-electron chi connectivity index (χ0n) is 13.5. The van der Waals surface area contributed by atoms with Crippen LogP contribution in [-0.2, 0) is 14.8 Å². The number of hydrogen-bond acceptors (Lipinski definition) is 4. The van der Waals surface area contributed by atoms with E-state index in [1.165, 1.54) is 12.8 Å². The fourth-order valence-corrected chi connectivity index (χ4v) is 4.69. The highest BCUT2D eigenvalue weighted by molar-refractivity contribution is 7.89. The summed E-state index contributed by atoms with van der Waals surface area (Å²) in [6.45, 7) is 3.74. The van der Waals surface area contributed by atoms with Crippen molar-refractivity contribution in [2.75, 3.05) is 26.2 Å². The van der Waals surface area contributed by atoms with Crippen LogP contribution in [0.25, 0.3) is 0 Å². The van der Waals surface area contributed by atoms with Gasteiger partial charge in [0.1, 0.15) is 0 Å². The molecule has 2 heterocycles. The third kappa shape index (κ3) is 4.76. The van der Waals surface area contributed by atoms with Crippen LogP contribution in [0.15, 0.2) is 35.2 Å². The van der Waals surface area contributed by atoms with Crippen LogP contribution in [0.5, 0.6) is 0 Å². The SMILES string of the molecule is O=S(=O)(NC1CCN(C[C@@H]2CCCCO2)CC1)c1ccccc1. The summed E-state index contributed by atoms with van der Waals surface area (Å²) >= 11 is 0. The van der Waals surface area contributed by atoms with Gasteiger partial charge in [-0.05, 0) is 57.3 Å². The summed E-state index contributed by atoms with van der Waals surface area (Å²) in [5.41, 5.74) is 0. The number of nitrogens with one attached hydrogen (secondary N) is 1. The number of hydrogen-bond donors (Lipinski definition) is 1. The molecule has 128 valence electrons. The highest BCUT2D eigenvalue weighted by Gasteiger charge is 2.26. The van der Waals surface area contributed by atoms with Crippen molar-refractivity contribution in [3.05, 3.63) is 30.3 Å². The van der Waals surface area contributed by atoms with Gasteiger partial charge in [0.2, 0.25) is 10.0 Å². The molecule has 0 amide bonds. The molecular weight excluding hydrogens is 312 g/mol. The van der Waals surface area contributed by atoms with Gasteiger partial charge in [0.25, 0.3) is 0 Å². The molecule has 2 fully saturated rings. The molecule has 0 radical (unpaired) electrons.